The molecule has 2 aromatic carbocycles. The van der Waals surface area contributed by atoms with Gasteiger partial charge in [0.15, 0.2) is 6.61 Å². The summed E-state index contributed by atoms with van der Waals surface area (Å²) in [4.78, 5) is 40.1. The number of ether oxygens (including phenoxy) is 1. The Labute approximate surface area is 181 Å². The zero-order valence-electron chi connectivity index (χ0n) is 15.4. The van der Waals surface area contributed by atoms with Gasteiger partial charge in [-0.05, 0) is 43.2 Å². The van der Waals surface area contributed by atoms with E-state index in [0.717, 1.165) is 12.8 Å². The molecule has 4 rings (SSSR count). The van der Waals surface area contributed by atoms with Gasteiger partial charge in [0.2, 0.25) is 0 Å². The van der Waals surface area contributed by atoms with E-state index in [1.54, 1.807) is 30.3 Å². The number of carbonyl (C=O) groups excluding carboxylic acids is 3. The molecule has 29 heavy (non-hydrogen) atoms. The molecule has 1 saturated carbocycles. The maximum atomic E-state index is 13.2. The van der Waals surface area contributed by atoms with Crippen LogP contribution in [-0.4, -0.2) is 29.9 Å². The highest BCUT2D eigenvalue weighted by atomic mass is 79.9. The summed E-state index contributed by atoms with van der Waals surface area (Å²) in [7, 11) is 0. The highest BCUT2D eigenvalue weighted by Crippen LogP contribution is 2.45. The van der Waals surface area contributed by atoms with E-state index < -0.39 is 24.0 Å². The Balaban J connectivity index is 1.60. The molecule has 0 bridgehead atoms. The maximum Gasteiger partial charge on any atom is 0.340 e. The average molecular weight is 478 g/mol. The molecule has 0 atom stereocenters. The number of hydrogen-bond donors (Lipinski definition) is 1. The number of benzene rings is 2. The zero-order chi connectivity index (χ0) is 20.6. The molecule has 6 nitrogen and oxygen atoms in total. The highest BCUT2D eigenvalue weighted by molar-refractivity contribution is 9.10. The number of halogens is 2. The number of nitrogens with one attached hydrogen (secondary N) is 1. The minimum atomic E-state index is -0.939. The van der Waals surface area contributed by atoms with Crippen LogP contribution < -0.4 is 10.2 Å². The number of fused-ring (bicyclic) bond motifs is 1. The first-order chi connectivity index (χ1) is 13.9. The fraction of sp³-hybridized carbons (Fsp3) is 0.286. The largest absolute Gasteiger partial charge is 0.452 e. The maximum absolute atomic E-state index is 13.2. The summed E-state index contributed by atoms with van der Waals surface area (Å²) in [6.45, 7) is -0.481. The summed E-state index contributed by atoms with van der Waals surface area (Å²) in [5.41, 5.74) is 0.423. The van der Waals surface area contributed by atoms with Gasteiger partial charge < -0.3 is 10.1 Å². The summed E-state index contributed by atoms with van der Waals surface area (Å²) in [5, 5.41) is 3.16. The Morgan fingerprint density at radius 2 is 1.90 bits per heavy atom. The monoisotopic (exact) mass is 476 g/mol. The molecule has 2 aromatic rings. The molecular weight excluding hydrogens is 460 g/mol. The van der Waals surface area contributed by atoms with Gasteiger partial charge in [-0.15, -0.1) is 0 Å². The van der Waals surface area contributed by atoms with Crippen LogP contribution in [0, 0.1) is 0 Å². The van der Waals surface area contributed by atoms with Gasteiger partial charge in [-0.3, -0.25) is 14.5 Å². The third-order valence-electron chi connectivity index (χ3n) is 5.40. The lowest BCUT2D eigenvalue weighted by molar-refractivity contribution is -0.129. The quantitative estimate of drug-likeness (QED) is 0.658. The SMILES string of the molecule is O=C(OCC(=O)N1c2ccccc2NC(=O)C12CCCC2)c1cc(Br)ccc1Cl. The lowest BCUT2D eigenvalue weighted by Gasteiger charge is -2.44. The van der Waals surface area contributed by atoms with Crippen molar-refractivity contribution < 1.29 is 19.1 Å². The molecule has 2 aliphatic rings. The molecule has 1 N–H and O–H groups in total. The first kappa shape index (κ1) is 19.9. The molecule has 1 fully saturated rings. The van der Waals surface area contributed by atoms with Gasteiger partial charge in [-0.1, -0.05) is 52.5 Å². The summed E-state index contributed by atoms with van der Waals surface area (Å²) in [5.74, 6) is -1.32. The Morgan fingerprint density at radius 1 is 1.17 bits per heavy atom. The van der Waals surface area contributed by atoms with Gasteiger partial charge in [0, 0.05) is 4.47 Å². The summed E-state index contributed by atoms with van der Waals surface area (Å²) < 4.78 is 5.94. The lowest BCUT2D eigenvalue weighted by atomic mass is 9.90. The fourth-order valence-electron chi connectivity index (χ4n) is 4.05. The van der Waals surface area contributed by atoms with E-state index in [-0.39, 0.29) is 16.5 Å². The van der Waals surface area contributed by atoms with Gasteiger partial charge in [-0.2, -0.15) is 0 Å². The van der Waals surface area contributed by atoms with Crippen LogP contribution in [0.1, 0.15) is 36.0 Å². The summed E-state index contributed by atoms with van der Waals surface area (Å²) in [6, 6.07) is 12.0. The number of carbonyl (C=O) groups is 3. The molecule has 1 spiro atoms. The molecule has 150 valence electrons. The number of hydrogen-bond acceptors (Lipinski definition) is 4. The topological polar surface area (TPSA) is 75.7 Å². The Bertz CT molecular complexity index is 1000. The molecule has 2 amide bonds. The molecule has 0 aromatic heterocycles. The number of nitrogens with zero attached hydrogens (tertiary/aromatic N) is 1. The summed E-state index contributed by atoms with van der Waals surface area (Å²) >= 11 is 9.36. The van der Waals surface area contributed by atoms with Crippen LogP contribution in [0.5, 0.6) is 0 Å². The van der Waals surface area contributed by atoms with Crippen LogP contribution in [0.2, 0.25) is 5.02 Å². The van der Waals surface area contributed by atoms with Crippen LogP contribution >= 0.6 is 27.5 Å². The number of anilines is 2. The van der Waals surface area contributed by atoms with Gasteiger partial charge >= 0.3 is 5.97 Å². The van der Waals surface area contributed by atoms with E-state index in [9.17, 15) is 14.4 Å². The van der Waals surface area contributed by atoms with Crippen molar-refractivity contribution >= 4 is 56.7 Å². The van der Waals surface area contributed by atoms with Crippen molar-refractivity contribution in [2.75, 3.05) is 16.8 Å². The standard InChI is InChI=1S/C21H18BrClN2O4/c22-13-7-8-15(23)14(11-13)19(27)29-12-18(26)25-17-6-2-1-5-16(17)24-20(28)21(25)9-3-4-10-21/h1-2,5-8,11H,3-4,9-10,12H2,(H,24,28). The van der Waals surface area contributed by atoms with Crippen LogP contribution in [0.25, 0.3) is 0 Å². The second-order valence-corrected chi connectivity index (χ2v) is 8.46. The Kier molecular flexibility index (Phi) is 5.36. The summed E-state index contributed by atoms with van der Waals surface area (Å²) in [6.07, 6.45) is 2.86. The molecule has 1 aliphatic carbocycles. The fourth-order valence-corrected chi connectivity index (χ4v) is 4.61. The molecular formula is C21H18BrClN2O4. The number of rotatable bonds is 3. The van der Waals surface area contributed by atoms with Crippen molar-refractivity contribution in [3.8, 4) is 0 Å². The van der Waals surface area contributed by atoms with Crippen molar-refractivity contribution in [2.24, 2.45) is 0 Å². The minimum Gasteiger partial charge on any atom is -0.452 e. The van der Waals surface area contributed by atoms with Crippen molar-refractivity contribution in [2.45, 2.75) is 31.2 Å². The second kappa shape index (κ2) is 7.80. The van der Waals surface area contributed by atoms with Crippen molar-refractivity contribution in [3.05, 3.63) is 57.5 Å². The predicted octanol–water partition coefficient (Wildman–Crippen LogP) is 4.56. The first-order valence-corrected chi connectivity index (χ1v) is 10.5. The Morgan fingerprint density at radius 3 is 2.66 bits per heavy atom. The minimum absolute atomic E-state index is 0.168. The van der Waals surface area contributed by atoms with Gasteiger partial charge in [0.25, 0.3) is 11.8 Å². The molecule has 0 unspecified atom stereocenters. The number of para-hydroxylation sites is 2. The number of amides is 2. The predicted molar refractivity (Wildman–Crippen MR) is 113 cm³/mol. The third kappa shape index (κ3) is 3.53. The van der Waals surface area contributed by atoms with Crippen molar-refractivity contribution in [1.29, 1.82) is 0 Å². The van der Waals surface area contributed by atoms with E-state index >= 15 is 0 Å². The van der Waals surface area contributed by atoms with Crippen LogP contribution in [0.15, 0.2) is 46.9 Å². The normalized spacial score (nSPS) is 17.0. The van der Waals surface area contributed by atoms with E-state index in [2.05, 4.69) is 21.2 Å². The highest BCUT2D eigenvalue weighted by Gasteiger charge is 2.52. The number of esters is 1. The molecule has 0 radical (unpaired) electrons. The Hall–Kier alpha value is -2.38. The van der Waals surface area contributed by atoms with Gasteiger partial charge in [0.1, 0.15) is 5.54 Å². The van der Waals surface area contributed by atoms with Crippen molar-refractivity contribution in [3.63, 3.8) is 0 Å². The van der Waals surface area contributed by atoms with Crippen LogP contribution in [0.4, 0.5) is 11.4 Å². The van der Waals surface area contributed by atoms with E-state index in [1.807, 2.05) is 6.07 Å². The second-order valence-electron chi connectivity index (χ2n) is 7.14. The van der Waals surface area contributed by atoms with E-state index in [0.29, 0.717) is 28.7 Å². The molecule has 1 aliphatic heterocycles. The van der Waals surface area contributed by atoms with E-state index in [4.69, 9.17) is 16.3 Å². The first-order valence-electron chi connectivity index (χ1n) is 9.28. The third-order valence-corrected chi connectivity index (χ3v) is 6.22. The molecule has 0 saturated heterocycles. The molecule has 8 heteroatoms. The van der Waals surface area contributed by atoms with E-state index in [1.165, 1.54) is 11.0 Å². The lowest BCUT2D eigenvalue weighted by Crippen LogP contribution is -2.61. The van der Waals surface area contributed by atoms with Gasteiger partial charge in [-0.25, -0.2) is 4.79 Å². The smallest absolute Gasteiger partial charge is 0.340 e. The van der Waals surface area contributed by atoms with Gasteiger partial charge in [0.05, 0.1) is 22.0 Å². The average Bonchev–Trinajstić information content (AvgIpc) is 3.19. The zero-order valence-corrected chi connectivity index (χ0v) is 17.8. The van der Waals surface area contributed by atoms with Crippen LogP contribution in [0.3, 0.4) is 0 Å². The van der Waals surface area contributed by atoms with Crippen LogP contribution in [-0.2, 0) is 14.3 Å². The molecule has 1 heterocycles. The van der Waals surface area contributed by atoms with Crippen molar-refractivity contribution in [1.82, 2.24) is 0 Å².